The predicted octanol–water partition coefficient (Wildman–Crippen LogP) is 6.47. The lowest BCUT2D eigenvalue weighted by molar-refractivity contribution is 0.642. The molecule has 0 atom stereocenters. The number of benzene rings is 2. The van der Waals surface area contributed by atoms with Crippen molar-refractivity contribution in [2.24, 2.45) is 5.92 Å². The van der Waals surface area contributed by atoms with Gasteiger partial charge in [-0.2, -0.15) is 0 Å². The minimum absolute atomic E-state index is 0.604. The first-order chi connectivity index (χ1) is 12.0. The minimum Gasteiger partial charge on any atom is -0.292 e. The Balaban J connectivity index is 2.33. The third-order valence-electron chi connectivity index (χ3n) is 4.43. The molecule has 2 nitrogen and oxygen atoms in total. The maximum atomic E-state index is 4.96. The van der Waals surface area contributed by atoms with Crippen molar-refractivity contribution in [3.05, 3.63) is 72.3 Å². The molecular formula is C23H26N2. The fourth-order valence-electron chi connectivity index (χ4n) is 3.39. The third-order valence-corrected chi connectivity index (χ3v) is 4.43. The van der Waals surface area contributed by atoms with E-state index in [1.807, 2.05) is 12.1 Å². The van der Waals surface area contributed by atoms with Gasteiger partial charge in [0.2, 0.25) is 0 Å². The second-order valence-electron chi connectivity index (χ2n) is 7.10. The lowest BCUT2D eigenvalue weighted by atomic mass is 10.0. The molecule has 0 unspecified atom stereocenters. The highest BCUT2D eigenvalue weighted by atomic mass is 15.1. The molecule has 0 N–H and O–H groups in total. The summed E-state index contributed by atoms with van der Waals surface area (Å²) in [5.74, 6) is 1.58. The SMILES string of the molecule is C=C/C(=C(\C)CC(C)C)n1c(-c2ccccc2)nc2cc(C)ccc21. The highest BCUT2D eigenvalue weighted by Gasteiger charge is 2.16. The Morgan fingerprint density at radius 3 is 2.52 bits per heavy atom. The van der Waals surface area contributed by atoms with Gasteiger partial charge in [-0.05, 0) is 55.5 Å². The fourth-order valence-corrected chi connectivity index (χ4v) is 3.39. The van der Waals surface area contributed by atoms with Crippen LogP contribution in [-0.4, -0.2) is 9.55 Å². The number of fused-ring (bicyclic) bond motifs is 1. The van der Waals surface area contributed by atoms with E-state index < -0.39 is 0 Å². The van der Waals surface area contributed by atoms with Gasteiger partial charge in [0.05, 0.1) is 11.0 Å². The van der Waals surface area contributed by atoms with Crippen LogP contribution in [0.4, 0.5) is 0 Å². The van der Waals surface area contributed by atoms with Crippen molar-refractivity contribution in [1.82, 2.24) is 9.55 Å². The number of nitrogens with zero attached hydrogens (tertiary/aromatic N) is 2. The molecule has 0 amide bonds. The van der Waals surface area contributed by atoms with E-state index in [1.54, 1.807) is 0 Å². The van der Waals surface area contributed by atoms with E-state index in [-0.39, 0.29) is 0 Å². The topological polar surface area (TPSA) is 17.8 Å². The number of allylic oxidation sites excluding steroid dienone is 3. The van der Waals surface area contributed by atoms with Crippen molar-refractivity contribution in [3.8, 4) is 11.4 Å². The molecule has 0 radical (unpaired) electrons. The second-order valence-corrected chi connectivity index (χ2v) is 7.10. The first-order valence-corrected chi connectivity index (χ1v) is 8.88. The molecule has 2 aromatic carbocycles. The van der Waals surface area contributed by atoms with Gasteiger partial charge in [-0.25, -0.2) is 4.98 Å². The molecule has 0 aliphatic rings. The van der Waals surface area contributed by atoms with E-state index >= 15 is 0 Å². The summed E-state index contributed by atoms with van der Waals surface area (Å²) in [4.78, 5) is 4.96. The first-order valence-electron chi connectivity index (χ1n) is 8.88. The van der Waals surface area contributed by atoms with Crippen molar-refractivity contribution < 1.29 is 0 Å². The van der Waals surface area contributed by atoms with Crippen molar-refractivity contribution in [3.63, 3.8) is 0 Å². The number of hydrogen-bond acceptors (Lipinski definition) is 1. The summed E-state index contributed by atoms with van der Waals surface area (Å²) in [5, 5.41) is 0. The summed E-state index contributed by atoms with van der Waals surface area (Å²) in [6, 6.07) is 16.8. The fraction of sp³-hybridized carbons (Fsp3) is 0.261. The summed E-state index contributed by atoms with van der Waals surface area (Å²) < 4.78 is 2.26. The van der Waals surface area contributed by atoms with Crippen LogP contribution in [0.1, 0.15) is 32.8 Å². The Morgan fingerprint density at radius 2 is 1.88 bits per heavy atom. The maximum Gasteiger partial charge on any atom is 0.145 e. The average molecular weight is 330 g/mol. The van der Waals surface area contributed by atoms with Crippen molar-refractivity contribution in [1.29, 1.82) is 0 Å². The Labute approximate surface area is 150 Å². The third kappa shape index (κ3) is 3.43. The molecule has 0 saturated heterocycles. The summed E-state index contributed by atoms with van der Waals surface area (Å²) in [7, 11) is 0. The maximum absolute atomic E-state index is 4.96. The van der Waals surface area contributed by atoms with Crippen LogP contribution in [0.3, 0.4) is 0 Å². The van der Waals surface area contributed by atoms with Gasteiger partial charge in [0.1, 0.15) is 5.82 Å². The monoisotopic (exact) mass is 330 g/mol. The van der Waals surface area contributed by atoms with Crippen molar-refractivity contribution in [2.75, 3.05) is 0 Å². The molecule has 0 aliphatic heterocycles. The predicted molar refractivity (Wildman–Crippen MR) is 108 cm³/mol. The molecule has 3 rings (SSSR count). The van der Waals surface area contributed by atoms with E-state index in [9.17, 15) is 0 Å². The number of hydrogen-bond donors (Lipinski definition) is 0. The Morgan fingerprint density at radius 1 is 1.16 bits per heavy atom. The van der Waals surface area contributed by atoms with Gasteiger partial charge in [-0.3, -0.25) is 4.57 Å². The Kier molecular flexibility index (Phi) is 4.89. The number of aryl methyl sites for hydroxylation is 1. The van der Waals surface area contributed by atoms with E-state index in [4.69, 9.17) is 4.98 Å². The largest absolute Gasteiger partial charge is 0.292 e. The quantitative estimate of drug-likeness (QED) is 0.490. The van der Waals surface area contributed by atoms with Crippen LogP contribution in [0.5, 0.6) is 0 Å². The molecule has 0 spiro atoms. The summed E-state index contributed by atoms with van der Waals surface area (Å²) in [5.41, 5.74) is 6.96. The number of rotatable bonds is 5. The smallest absolute Gasteiger partial charge is 0.145 e. The zero-order valence-electron chi connectivity index (χ0n) is 15.6. The normalized spacial score (nSPS) is 12.5. The molecular weight excluding hydrogens is 304 g/mol. The molecule has 0 bridgehead atoms. The molecule has 1 heterocycles. The molecule has 128 valence electrons. The van der Waals surface area contributed by atoms with Gasteiger partial charge in [0.25, 0.3) is 0 Å². The average Bonchev–Trinajstić information content (AvgIpc) is 2.94. The zero-order valence-corrected chi connectivity index (χ0v) is 15.6. The number of imidazole rings is 1. The number of aromatic nitrogens is 2. The van der Waals surface area contributed by atoms with Gasteiger partial charge in [-0.1, -0.05) is 56.8 Å². The van der Waals surface area contributed by atoms with Crippen LogP contribution in [0, 0.1) is 12.8 Å². The molecule has 0 fully saturated rings. The van der Waals surface area contributed by atoms with Crippen molar-refractivity contribution in [2.45, 2.75) is 34.1 Å². The summed E-state index contributed by atoms with van der Waals surface area (Å²) >= 11 is 0. The highest BCUT2D eigenvalue weighted by molar-refractivity contribution is 5.87. The molecule has 3 aromatic rings. The van der Waals surface area contributed by atoms with E-state index in [0.29, 0.717) is 5.92 Å². The molecule has 2 heteroatoms. The van der Waals surface area contributed by atoms with E-state index in [1.165, 1.54) is 11.1 Å². The van der Waals surface area contributed by atoms with E-state index in [0.717, 1.165) is 34.5 Å². The minimum atomic E-state index is 0.604. The Bertz CT molecular complexity index is 927. The summed E-state index contributed by atoms with van der Waals surface area (Å²) in [6.45, 7) is 12.9. The van der Waals surface area contributed by atoms with Crippen LogP contribution in [0.2, 0.25) is 0 Å². The summed E-state index contributed by atoms with van der Waals surface area (Å²) in [6.07, 6.45) is 3.01. The van der Waals surface area contributed by atoms with Gasteiger partial charge in [-0.15, -0.1) is 0 Å². The molecule has 0 aliphatic carbocycles. The van der Waals surface area contributed by atoms with Crippen LogP contribution < -0.4 is 0 Å². The van der Waals surface area contributed by atoms with Crippen molar-refractivity contribution >= 4 is 16.7 Å². The van der Waals surface area contributed by atoms with Crippen LogP contribution in [0.25, 0.3) is 28.1 Å². The zero-order chi connectivity index (χ0) is 18.0. The lowest BCUT2D eigenvalue weighted by Gasteiger charge is -2.15. The van der Waals surface area contributed by atoms with Crippen LogP contribution in [-0.2, 0) is 0 Å². The van der Waals surface area contributed by atoms with Gasteiger partial charge < -0.3 is 0 Å². The van der Waals surface area contributed by atoms with Gasteiger partial charge in [0.15, 0.2) is 0 Å². The van der Waals surface area contributed by atoms with Crippen LogP contribution in [0.15, 0.2) is 66.8 Å². The molecule has 0 saturated carbocycles. The van der Waals surface area contributed by atoms with Gasteiger partial charge in [0, 0.05) is 11.3 Å². The standard InChI is InChI=1S/C23H26N2/c1-6-21(18(5)14-16(2)3)25-22-13-12-17(4)15-20(22)24-23(25)19-10-8-7-9-11-19/h6-13,15-16H,1,14H2,2-5H3/b21-18-. The van der Waals surface area contributed by atoms with Gasteiger partial charge >= 0.3 is 0 Å². The van der Waals surface area contributed by atoms with Crippen LogP contribution >= 0.6 is 0 Å². The molecule has 1 aromatic heterocycles. The Hall–Kier alpha value is -2.61. The first kappa shape index (κ1) is 17.2. The lowest BCUT2D eigenvalue weighted by Crippen LogP contribution is -2.02. The van der Waals surface area contributed by atoms with E-state index in [2.05, 4.69) is 81.3 Å². The highest BCUT2D eigenvalue weighted by Crippen LogP contribution is 2.31. The second kappa shape index (κ2) is 7.10. The molecule has 25 heavy (non-hydrogen) atoms.